The van der Waals surface area contributed by atoms with E-state index in [1.165, 1.54) is 11.1 Å². The van der Waals surface area contributed by atoms with Crippen LogP contribution in [0, 0.1) is 12.8 Å². The summed E-state index contributed by atoms with van der Waals surface area (Å²) in [7, 11) is 0. The Bertz CT molecular complexity index is 491. The van der Waals surface area contributed by atoms with Crippen LogP contribution in [0.25, 0.3) is 0 Å². The third kappa shape index (κ3) is 3.10. The highest BCUT2D eigenvalue weighted by molar-refractivity contribution is 5.45. The fraction of sp³-hybridized carbons (Fsp3) is 0.312. The van der Waals surface area contributed by atoms with Gasteiger partial charge in [-0.3, -0.25) is 4.98 Å². The van der Waals surface area contributed by atoms with Crippen molar-refractivity contribution in [3.63, 3.8) is 0 Å². The molecule has 0 aliphatic rings. The Labute approximate surface area is 109 Å². The number of aromatic nitrogens is 1. The lowest BCUT2D eigenvalue weighted by Gasteiger charge is -2.24. The highest BCUT2D eigenvalue weighted by Gasteiger charge is 2.15. The molecule has 94 valence electrons. The largest absolute Gasteiger partial charge is 0.377 e. The van der Waals surface area contributed by atoms with Gasteiger partial charge in [0.25, 0.3) is 0 Å². The van der Waals surface area contributed by atoms with E-state index >= 15 is 0 Å². The molecule has 0 fully saturated rings. The van der Waals surface area contributed by atoms with E-state index in [9.17, 15) is 0 Å². The molecule has 0 saturated heterocycles. The number of benzene rings is 1. The van der Waals surface area contributed by atoms with Crippen LogP contribution in [0.4, 0.5) is 5.69 Å². The smallest absolute Gasteiger partial charge is 0.0537 e. The number of anilines is 1. The van der Waals surface area contributed by atoms with Crippen LogP contribution in [-0.4, -0.2) is 4.98 Å². The first-order chi connectivity index (χ1) is 8.66. The third-order valence-electron chi connectivity index (χ3n) is 3.02. The minimum Gasteiger partial charge on any atom is -0.377 e. The summed E-state index contributed by atoms with van der Waals surface area (Å²) in [6, 6.07) is 13.0. The van der Waals surface area contributed by atoms with Gasteiger partial charge in [-0.25, -0.2) is 0 Å². The van der Waals surface area contributed by atoms with E-state index in [0.29, 0.717) is 12.0 Å². The first-order valence-corrected chi connectivity index (χ1v) is 6.40. The Morgan fingerprint density at radius 1 is 1.06 bits per heavy atom. The van der Waals surface area contributed by atoms with Crippen LogP contribution in [0.3, 0.4) is 0 Å². The molecule has 0 amide bonds. The lowest BCUT2D eigenvalue weighted by molar-refractivity contribution is 0.546. The van der Waals surface area contributed by atoms with E-state index in [0.717, 1.165) is 5.69 Å². The Morgan fingerprint density at radius 3 is 2.39 bits per heavy atom. The number of nitrogens with zero attached hydrogens (tertiary/aromatic N) is 1. The van der Waals surface area contributed by atoms with Crippen molar-refractivity contribution in [3.05, 3.63) is 59.9 Å². The molecule has 1 atom stereocenters. The van der Waals surface area contributed by atoms with E-state index in [-0.39, 0.29) is 0 Å². The molecule has 1 aromatic heterocycles. The summed E-state index contributed by atoms with van der Waals surface area (Å²) >= 11 is 0. The minimum absolute atomic E-state index is 0.315. The van der Waals surface area contributed by atoms with Crippen molar-refractivity contribution in [2.75, 3.05) is 5.32 Å². The van der Waals surface area contributed by atoms with Gasteiger partial charge in [-0.15, -0.1) is 0 Å². The molecular weight excluding hydrogens is 220 g/mol. The van der Waals surface area contributed by atoms with Gasteiger partial charge >= 0.3 is 0 Å². The Morgan fingerprint density at radius 2 is 1.78 bits per heavy atom. The fourth-order valence-corrected chi connectivity index (χ4v) is 2.11. The molecule has 0 bridgehead atoms. The monoisotopic (exact) mass is 240 g/mol. The average molecular weight is 240 g/mol. The molecule has 2 nitrogen and oxygen atoms in total. The van der Waals surface area contributed by atoms with E-state index in [1.807, 2.05) is 12.4 Å². The molecular formula is C16H20N2. The lowest BCUT2D eigenvalue weighted by Crippen LogP contribution is -2.16. The molecule has 1 unspecified atom stereocenters. The van der Waals surface area contributed by atoms with Crippen LogP contribution in [0.15, 0.2) is 48.8 Å². The van der Waals surface area contributed by atoms with Crippen LogP contribution in [0.1, 0.15) is 31.0 Å². The second-order valence-electron chi connectivity index (χ2n) is 5.03. The number of pyridine rings is 1. The number of nitrogens with one attached hydrogen (secondary N) is 1. The minimum atomic E-state index is 0.315. The molecule has 1 N–H and O–H groups in total. The second-order valence-corrected chi connectivity index (χ2v) is 5.03. The Hall–Kier alpha value is -1.83. The number of rotatable bonds is 4. The van der Waals surface area contributed by atoms with Crippen LogP contribution in [0.5, 0.6) is 0 Å². The predicted octanol–water partition coefficient (Wildman–Crippen LogP) is 4.20. The topological polar surface area (TPSA) is 24.9 Å². The zero-order chi connectivity index (χ0) is 13.0. The zero-order valence-corrected chi connectivity index (χ0v) is 11.2. The van der Waals surface area contributed by atoms with Crippen molar-refractivity contribution >= 4 is 5.69 Å². The number of hydrogen-bond acceptors (Lipinski definition) is 2. The highest BCUT2D eigenvalue weighted by Crippen LogP contribution is 2.26. The van der Waals surface area contributed by atoms with E-state index < -0.39 is 0 Å². The summed E-state index contributed by atoms with van der Waals surface area (Å²) in [4.78, 5) is 4.23. The van der Waals surface area contributed by atoms with Crippen molar-refractivity contribution in [3.8, 4) is 0 Å². The van der Waals surface area contributed by atoms with Gasteiger partial charge in [-0.1, -0.05) is 44.2 Å². The maximum atomic E-state index is 4.23. The molecule has 18 heavy (non-hydrogen) atoms. The molecule has 0 saturated carbocycles. The molecule has 1 heterocycles. The van der Waals surface area contributed by atoms with Crippen LogP contribution >= 0.6 is 0 Å². The molecule has 1 aromatic carbocycles. The maximum absolute atomic E-state index is 4.23. The molecule has 0 aliphatic carbocycles. The van der Waals surface area contributed by atoms with E-state index in [4.69, 9.17) is 0 Å². The normalized spacial score (nSPS) is 12.4. The summed E-state index contributed by atoms with van der Waals surface area (Å²) in [6.07, 6.45) is 3.75. The molecule has 2 aromatic rings. The average Bonchev–Trinajstić information content (AvgIpc) is 2.37. The summed E-state index contributed by atoms with van der Waals surface area (Å²) in [5, 5.41) is 3.57. The quantitative estimate of drug-likeness (QED) is 0.866. The van der Waals surface area contributed by atoms with Crippen LogP contribution in [-0.2, 0) is 0 Å². The van der Waals surface area contributed by atoms with E-state index in [2.05, 4.69) is 67.5 Å². The first kappa shape index (κ1) is 12.6. The molecule has 2 rings (SSSR count). The summed E-state index contributed by atoms with van der Waals surface area (Å²) in [6.45, 7) is 6.52. The summed E-state index contributed by atoms with van der Waals surface area (Å²) in [5.74, 6) is 0.521. The van der Waals surface area contributed by atoms with Gasteiger partial charge in [0.05, 0.1) is 11.7 Å². The summed E-state index contributed by atoms with van der Waals surface area (Å²) in [5.41, 5.74) is 3.57. The van der Waals surface area contributed by atoms with E-state index in [1.54, 1.807) is 0 Å². The van der Waals surface area contributed by atoms with Gasteiger partial charge in [0.15, 0.2) is 0 Å². The van der Waals surface area contributed by atoms with Crippen LogP contribution in [0.2, 0.25) is 0 Å². The van der Waals surface area contributed by atoms with Gasteiger partial charge in [-0.2, -0.15) is 0 Å². The maximum Gasteiger partial charge on any atom is 0.0537 e. The third-order valence-corrected chi connectivity index (χ3v) is 3.02. The standard InChI is InChI=1S/C16H20N2/c1-12(2)16(14-7-5-4-6-8-14)18-15-9-13(3)10-17-11-15/h4-12,16,18H,1-3H3. The Kier molecular flexibility index (Phi) is 3.98. The van der Waals surface area contributed by atoms with Crippen molar-refractivity contribution in [1.29, 1.82) is 0 Å². The van der Waals surface area contributed by atoms with Gasteiger partial charge < -0.3 is 5.32 Å². The van der Waals surface area contributed by atoms with Gasteiger partial charge in [0.2, 0.25) is 0 Å². The predicted molar refractivity (Wildman–Crippen MR) is 76.6 cm³/mol. The molecule has 0 spiro atoms. The molecule has 0 radical (unpaired) electrons. The zero-order valence-electron chi connectivity index (χ0n) is 11.2. The van der Waals surface area contributed by atoms with Crippen molar-refractivity contribution < 1.29 is 0 Å². The fourth-order valence-electron chi connectivity index (χ4n) is 2.11. The number of hydrogen-bond donors (Lipinski definition) is 1. The van der Waals surface area contributed by atoms with Crippen molar-refractivity contribution in [2.45, 2.75) is 26.8 Å². The molecule has 2 heteroatoms. The lowest BCUT2D eigenvalue weighted by atomic mass is 9.96. The van der Waals surface area contributed by atoms with Gasteiger partial charge in [0, 0.05) is 12.4 Å². The Balaban J connectivity index is 2.22. The SMILES string of the molecule is Cc1cncc(NC(c2ccccc2)C(C)C)c1. The number of aryl methyl sites for hydroxylation is 1. The molecule has 0 aliphatic heterocycles. The van der Waals surface area contributed by atoms with Gasteiger partial charge in [-0.05, 0) is 30.0 Å². The second kappa shape index (κ2) is 5.67. The van der Waals surface area contributed by atoms with Crippen LogP contribution < -0.4 is 5.32 Å². The van der Waals surface area contributed by atoms with Gasteiger partial charge in [0.1, 0.15) is 0 Å². The first-order valence-electron chi connectivity index (χ1n) is 6.40. The van der Waals surface area contributed by atoms with Crippen molar-refractivity contribution in [2.24, 2.45) is 5.92 Å². The van der Waals surface area contributed by atoms with Crippen molar-refractivity contribution in [1.82, 2.24) is 4.98 Å². The summed E-state index contributed by atoms with van der Waals surface area (Å²) < 4.78 is 0. The highest BCUT2D eigenvalue weighted by atomic mass is 14.9.